The Labute approximate surface area is 202 Å². The molecule has 2 aromatic carbocycles. The maximum absolute atomic E-state index is 13.2. The van der Waals surface area contributed by atoms with Crippen LogP contribution < -0.4 is 4.74 Å². The fourth-order valence-corrected chi connectivity index (χ4v) is 4.41. The summed E-state index contributed by atoms with van der Waals surface area (Å²) in [4.78, 5) is 27.9. The van der Waals surface area contributed by atoms with Crippen LogP contribution in [0.5, 0.6) is 5.75 Å². The van der Waals surface area contributed by atoms with E-state index in [-0.39, 0.29) is 16.7 Å². The monoisotopic (exact) mass is 465 g/mol. The van der Waals surface area contributed by atoms with Crippen LogP contribution in [0.1, 0.15) is 61.1 Å². The van der Waals surface area contributed by atoms with E-state index in [1.165, 1.54) is 0 Å². The Morgan fingerprint density at radius 3 is 2.24 bits per heavy atom. The first-order chi connectivity index (χ1) is 16.0. The van der Waals surface area contributed by atoms with Gasteiger partial charge in [0, 0.05) is 25.8 Å². The van der Waals surface area contributed by atoms with Crippen molar-refractivity contribution in [1.29, 1.82) is 0 Å². The molecular formula is C28H35NO5. The molecular weight excluding hydrogens is 430 g/mol. The van der Waals surface area contributed by atoms with Gasteiger partial charge in [0.25, 0.3) is 11.7 Å². The van der Waals surface area contributed by atoms with Gasteiger partial charge >= 0.3 is 0 Å². The standard InChI is InChI=1S/C28H35NO5/c1-17-16-22(34-7)18(2)15-21(17)25(30)23-24(19-9-11-20(12-10-19)28(3,4)5)29(13-8-14-33-6)27(32)26(23)31/h9-12,15-16,24,30H,8,13-14H2,1-7H3/b25-23+. The van der Waals surface area contributed by atoms with E-state index in [1.807, 2.05) is 44.2 Å². The predicted molar refractivity (Wildman–Crippen MR) is 133 cm³/mol. The van der Waals surface area contributed by atoms with Crippen LogP contribution in [0.3, 0.4) is 0 Å². The normalized spacial score (nSPS) is 18.0. The lowest BCUT2D eigenvalue weighted by atomic mass is 9.85. The Morgan fingerprint density at radius 1 is 1.03 bits per heavy atom. The molecule has 0 spiro atoms. The smallest absolute Gasteiger partial charge is 0.295 e. The molecule has 0 aromatic heterocycles. The fourth-order valence-electron chi connectivity index (χ4n) is 4.41. The number of ketones is 1. The largest absolute Gasteiger partial charge is 0.507 e. The van der Waals surface area contributed by atoms with Gasteiger partial charge in [0.1, 0.15) is 11.5 Å². The highest BCUT2D eigenvalue weighted by Crippen LogP contribution is 2.41. The molecule has 1 fully saturated rings. The number of ether oxygens (including phenoxy) is 2. The molecule has 6 heteroatoms. The van der Waals surface area contributed by atoms with Crippen molar-refractivity contribution in [1.82, 2.24) is 4.90 Å². The number of likely N-dealkylation sites (tertiary alicyclic amines) is 1. The van der Waals surface area contributed by atoms with E-state index in [0.29, 0.717) is 30.9 Å². The Hall–Kier alpha value is -3.12. The summed E-state index contributed by atoms with van der Waals surface area (Å²) in [5, 5.41) is 11.4. The molecule has 1 saturated heterocycles. The second kappa shape index (κ2) is 10.0. The van der Waals surface area contributed by atoms with Crippen LogP contribution in [-0.4, -0.2) is 49.1 Å². The minimum Gasteiger partial charge on any atom is -0.507 e. The highest BCUT2D eigenvalue weighted by molar-refractivity contribution is 6.46. The molecule has 0 bridgehead atoms. The summed E-state index contributed by atoms with van der Waals surface area (Å²) < 4.78 is 10.5. The lowest BCUT2D eigenvalue weighted by Gasteiger charge is -2.26. The number of hydrogen-bond acceptors (Lipinski definition) is 5. The van der Waals surface area contributed by atoms with Crippen LogP contribution >= 0.6 is 0 Å². The third kappa shape index (κ3) is 4.87. The van der Waals surface area contributed by atoms with Gasteiger partial charge in [-0.25, -0.2) is 0 Å². The molecule has 1 aliphatic rings. The number of aliphatic hydroxyl groups is 1. The molecule has 1 atom stereocenters. The third-order valence-electron chi connectivity index (χ3n) is 6.38. The summed E-state index contributed by atoms with van der Waals surface area (Å²) in [6, 6.07) is 10.9. The molecule has 1 unspecified atom stereocenters. The number of aliphatic hydroxyl groups excluding tert-OH is 1. The van der Waals surface area contributed by atoms with E-state index in [0.717, 1.165) is 22.3 Å². The summed E-state index contributed by atoms with van der Waals surface area (Å²) >= 11 is 0. The number of nitrogens with zero attached hydrogens (tertiary/aromatic N) is 1. The van der Waals surface area contributed by atoms with Crippen LogP contribution in [0.4, 0.5) is 0 Å². The second-order valence-electron chi connectivity index (χ2n) is 9.85. The Morgan fingerprint density at radius 2 is 1.68 bits per heavy atom. The summed E-state index contributed by atoms with van der Waals surface area (Å²) in [5.41, 5.74) is 4.12. The Bertz CT molecular complexity index is 1110. The number of Topliss-reactive ketones (excluding diaryl/α,β-unsaturated/α-hetero) is 1. The van der Waals surface area contributed by atoms with Gasteiger partial charge in [-0.3, -0.25) is 9.59 Å². The minimum absolute atomic E-state index is 0.0312. The van der Waals surface area contributed by atoms with Crippen molar-refractivity contribution >= 4 is 17.4 Å². The molecule has 2 aromatic rings. The zero-order valence-corrected chi connectivity index (χ0v) is 21.2. The van der Waals surface area contributed by atoms with E-state index in [9.17, 15) is 14.7 Å². The van der Waals surface area contributed by atoms with Gasteiger partial charge in [0.2, 0.25) is 0 Å². The molecule has 0 saturated carbocycles. The van der Waals surface area contributed by atoms with Crippen molar-refractivity contribution in [3.63, 3.8) is 0 Å². The van der Waals surface area contributed by atoms with Gasteiger partial charge in [0.15, 0.2) is 0 Å². The molecule has 34 heavy (non-hydrogen) atoms. The lowest BCUT2D eigenvalue weighted by molar-refractivity contribution is -0.140. The first-order valence-corrected chi connectivity index (χ1v) is 11.5. The average molecular weight is 466 g/mol. The topological polar surface area (TPSA) is 76.1 Å². The summed E-state index contributed by atoms with van der Waals surface area (Å²) in [6.45, 7) is 10.9. The first-order valence-electron chi connectivity index (χ1n) is 11.5. The van der Waals surface area contributed by atoms with E-state index < -0.39 is 17.7 Å². The zero-order chi connectivity index (χ0) is 25.2. The van der Waals surface area contributed by atoms with Gasteiger partial charge in [-0.1, -0.05) is 45.0 Å². The van der Waals surface area contributed by atoms with Crippen LogP contribution in [0.2, 0.25) is 0 Å². The number of benzene rings is 2. The highest BCUT2D eigenvalue weighted by Gasteiger charge is 2.46. The van der Waals surface area contributed by atoms with Crippen molar-refractivity contribution in [3.05, 3.63) is 69.8 Å². The first kappa shape index (κ1) is 25.5. The van der Waals surface area contributed by atoms with Gasteiger partial charge in [-0.05, 0) is 60.1 Å². The van der Waals surface area contributed by atoms with Crippen LogP contribution in [0, 0.1) is 13.8 Å². The van der Waals surface area contributed by atoms with Gasteiger partial charge in [-0.15, -0.1) is 0 Å². The Balaban J connectivity index is 2.17. The highest BCUT2D eigenvalue weighted by atomic mass is 16.5. The van der Waals surface area contributed by atoms with Crippen LogP contribution in [-0.2, 0) is 19.7 Å². The third-order valence-corrected chi connectivity index (χ3v) is 6.38. The van der Waals surface area contributed by atoms with E-state index in [4.69, 9.17) is 9.47 Å². The summed E-state index contributed by atoms with van der Waals surface area (Å²) in [7, 11) is 3.19. The zero-order valence-electron chi connectivity index (χ0n) is 21.2. The molecule has 1 N–H and O–H groups in total. The molecule has 0 aliphatic carbocycles. The van der Waals surface area contributed by atoms with Crippen molar-refractivity contribution in [2.45, 2.75) is 52.5 Å². The molecule has 3 rings (SSSR count). The van der Waals surface area contributed by atoms with E-state index in [2.05, 4.69) is 20.8 Å². The number of methoxy groups -OCH3 is 2. The number of aryl methyl sites for hydroxylation is 2. The van der Waals surface area contributed by atoms with Gasteiger partial charge in [-0.2, -0.15) is 0 Å². The lowest BCUT2D eigenvalue weighted by Crippen LogP contribution is -2.31. The quantitative estimate of drug-likeness (QED) is 0.267. The average Bonchev–Trinajstić information content (AvgIpc) is 3.04. The minimum atomic E-state index is -0.673. The van der Waals surface area contributed by atoms with E-state index in [1.54, 1.807) is 25.2 Å². The molecule has 1 aliphatic heterocycles. The molecule has 6 nitrogen and oxygen atoms in total. The van der Waals surface area contributed by atoms with Crippen molar-refractivity contribution in [2.75, 3.05) is 27.4 Å². The molecule has 1 heterocycles. The second-order valence-corrected chi connectivity index (χ2v) is 9.85. The summed E-state index contributed by atoms with van der Waals surface area (Å²) in [6.07, 6.45) is 0.584. The number of carbonyl (C=O) groups is 2. The van der Waals surface area contributed by atoms with E-state index >= 15 is 0 Å². The molecule has 182 valence electrons. The van der Waals surface area contributed by atoms with Gasteiger partial charge in [0.05, 0.1) is 18.7 Å². The maximum Gasteiger partial charge on any atom is 0.295 e. The molecule has 0 radical (unpaired) electrons. The predicted octanol–water partition coefficient (Wildman–Crippen LogP) is 5.07. The number of amides is 1. The van der Waals surface area contributed by atoms with Crippen LogP contribution in [0.15, 0.2) is 42.0 Å². The van der Waals surface area contributed by atoms with Crippen LogP contribution in [0.25, 0.3) is 5.76 Å². The molecule has 1 amide bonds. The Kier molecular flexibility index (Phi) is 7.51. The van der Waals surface area contributed by atoms with Crippen molar-refractivity contribution in [3.8, 4) is 5.75 Å². The summed E-state index contributed by atoms with van der Waals surface area (Å²) in [5.74, 6) is -0.748. The van der Waals surface area contributed by atoms with Gasteiger partial charge < -0.3 is 19.5 Å². The fraction of sp³-hybridized carbons (Fsp3) is 0.429. The van der Waals surface area contributed by atoms with Crippen molar-refractivity contribution < 1.29 is 24.2 Å². The number of carbonyl (C=O) groups excluding carboxylic acids is 2. The number of hydrogen-bond donors (Lipinski definition) is 1. The number of rotatable bonds is 7. The van der Waals surface area contributed by atoms with Crippen molar-refractivity contribution in [2.24, 2.45) is 0 Å². The SMILES string of the molecule is COCCCN1C(=O)C(=O)/C(=C(/O)c2cc(C)c(OC)cc2C)C1c1ccc(C(C)(C)C)cc1. The maximum atomic E-state index is 13.2.